The number of benzene rings is 1. The van der Waals surface area contributed by atoms with E-state index in [1.165, 1.54) is 29.0 Å². The Hall–Kier alpha value is -0.930. The summed E-state index contributed by atoms with van der Waals surface area (Å²) in [4.78, 5) is 4.68. The van der Waals surface area contributed by atoms with Crippen LogP contribution in [0.2, 0.25) is 0 Å². The van der Waals surface area contributed by atoms with Gasteiger partial charge in [-0.3, -0.25) is 0 Å². The van der Waals surface area contributed by atoms with Crippen LogP contribution in [0, 0.1) is 5.92 Å². The molecule has 0 saturated heterocycles. The Morgan fingerprint density at radius 2 is 2.24 bits per heavy atom. The van der Waals surface area contributed by atoms with Crippen LogP contribution in [-0.2, 0) is 0 Å². The van der Waals surface area contributed by atoms with Crippen molar-refractivity contribution in [2.45, 2.75) is 32.2 Å². The fourth-order valence-corrected chi connectivity index (χ4v) is 3.07. The van der Waals surface area contributed by atoms with Crippen LogP contribution in [0.25, 0.3) is 10.2 Å². The van der Waals surface area contributed by atoms with Crippen LogP contribution in [-0.4, -0.2) is 11.5 Å². The molecule has 0 aliphatic heterocycles. The lowest BCUT2D eigenvalue weighted by atomic mass is 10.2. The Kier molecular flexibility index (Phi) is 3.12. The van der Waals surface area contributed by atoms with Crippen LogP contribution in [0.15, 0.2) is 24.3 Å². The molecule has 1 unspecified atom stereocenters. The van der Waals surface area contributed by atoms with Gasteiger partial charge in [-0.05, 0) is 37.9 Å². The van der Waals surface area contributed by atoms with Gasteiger partial charge in [-0.25, -0.2) is 4.98 Å². The lowest BCUT2D eigenvalue weighted by Gasteiger charge is -2.10. The molecule has 1 aromatic carbocycles. The Morgan fingerprint density at radius 1 is 1.41 bits per heavy atom. The summed E-state index contributed by atoms with van der Waals surface area (Å²) in [6, 6.07) is 8.75. The quantitative estimate of drug-likeness (QED) is 0.869. The zero-order chi connectivity index (χ0) is 11.7. The van der Waals surface area contributed by atoms with E-state index in [-0.39, 0.29) is 0 Å². The van der Waals surface area contributed by atoms with Crippen molar-refractivity contribution in [3.05, 3.63) is 29.3 Å². The van der Waals surface area contributed by atoms with Crippen LogP contribution in [0.3, 0.4) is 0 Å². The topological polar surface area (TPSA) is 24.9 Å². The zero-order valence-corrected chi connectivity index (χ0v) is 11.0. The number of hydrogen-bond acceptors (Lipinski definition) is 3. The smallest absolute Gasteiger partial charge is 0.111 e. The molecule has 1 aliphatic carbocycles. The molecule has 0 spiro atoms. The Morgan fingerprint density at radius 3 is 3.00 bits per heavy atom. The number of hydrogen-bond donors (Lipinski definition) is 1. The molecule has 1 fully saturated rings. The summed E-state index contributed by atoms with van der Waals surface area (Å²) in [5.74, 6) is 1.00. The molecule has 0 amide bonds. The molecule has 90 valence electrons. The molecule has 1 aromatic heterocycles. The van der Waals surface area contributed by atoms with E-state index in [1.807, 2.05) is 0 Å². The van der Waals surface area contributed by atoms with E-state index >= 15 is 0 Å². The van der Waals surface area contributed by atoms with E-state index in [0.717, 1.165) is 18.0 Å². The molecule has 1 heterocycles. The van der Waals surface area contributed by atoms with Gasteiger partial charge in [0.05, 0.1) is 16.3 Å². The van der Waals surface area contributed by atoms with Crippen LogP contribution in [0.5, 0.6) is 0 Å². The fraction of sp³-hybridized carbons (Fsp3) is 0.500. The van der Waals surface area contributed by atoms with Gasteiger partial charge in [0.1, 0.15) is 5.01 Å². The second kappa shape index (κ2) is 4.75. The number of aromatic nitrogens is 1. The standard InChI is InChI=1S/C14H18N2S/c1-10(15-9-8-11-6-7-11)14-16-12-4-2-3-5-13(12)17-14/h2-5,10-11,15H,6-9H2,1H3. The second-order valence-electron chi connectivity index (χ2n) is 4.93. The molecule has 3 rings (SSSR count). The van der Waals surface area contributed by atoms with Gasteiger partial charge in [-0.1, -0.05) is 25.0 Å². The van der Waals surface area contributed by atoms with Gasteiger partial charge in [0, 0.05) is 0 Å². The van der Waals surface area contributed by atoms with Gasteiger partial charge in [0.25, 0.3) is 0 Å². The predicted octanol–water partition coefficient (Wildman–Crippen LogP) is 3.75. The van der Waals surface area contributed by atoms with Crippen molar-refractivity contribution >= 4 is 21.6 Å². The lowest BCUT2D eigenvalue weighted by Crippen LogP contribution is -2.19. The highest BCUT2D eigenvalue weighted by atomic mass is 32.1. The Bertz CT molecular complexity index is 469. The number of nitrogens with one attached hydrogen (secondary N) is 1. The highest BCUT2D eigenvalue weighted by molar-refractivity contribution is 7.18. The minimum atomic E-state index is 0.381. The largest absolute Gasteiger partial charge is 0.308 e. The molecular formula is C14H18N2S. The number of nitrogens with zero attached hydrogens (tertiary/aromatic N) is 1. The van der Waals surface area contributed by atoms with Crippen LogP contribution >= 0.6 is 11.3 Å². The third-order valence-corrected chi connectivity index (χ3v) is 4.60. The highest BCUT2D eigenvalue weighted by Crippen LogP contribution is 2.32. The summed E-state index contributed by atoms with van der Waals surface area (Å²) in [5, 5.41) is 4.79. The number of rotatable bonds is 5. The van der Waals surface area contributed by atoms with Gasteiger partial charge >= 0.3 is 0 Å². The van der Waals surface area contributed by atoms with Crippen molar-refractivity contribution < 1.29 is 0 Å². The average Bonchev–Trinajstić information content (AvgIpc) is 3.06. The maximum atomic E-state index is 4.68. The molecular weight excluding hydrogens is 228 g/mol. The van der Waals surface area contributed by atoms with Crippen molar-refractivity contribution in [1.29, 1.82) is 0 Å². The van der Waals surface area contributed by atoms with Gasteiger partial charge in [0.15, 0.2) is 0 Å². The van der Waals surface area contributed by atoms with E-state index in [9.17, 15) is 0 Å². The van der Waals surface area contributed by atoms with Gasteiger partial charge in [0.2, 0.25) is 0 Å². The molecule has 1 atom stereocenters. The highest BCUT2D eigenvalue weighted by Gasteiger charge is 2.20. The summed E-state index contributed by atoms with van der Waals surface area (Å²) in [7, 11) is 0. The second-order valence-corrected chi connectivity index (χ2v) is 5.99. The fourth-order valence-electron chi connectivity index (χ4n) is 2.07. The summed E-state index contributed by atoms with van der Waals surface area (Å²) in [6.07, 6.45) is 4.21. The van der Waals surface area contributed by atoms with Crippen LogP contribution in [0.1, 0.15) is 37.2 Å². The summed E-state index contributed by atoms with van der Waals surface area (Å²) >= 11 is 1.81. The average molecular weight is 246 g/mol. The van der Waals surface area contributed by atoms with E-state index in [0.29, 0.717) is 6.04 Å². The third kappa shape index (κ3) is 2.67. The monoisotopic (exact) mass is 246 g/mol. The number of fused-ring (bicyclic) bond motifs is 1. The van der Waals surface area contributed by atoms with E-state index < -0.39 is 0 Å². The maximum absolute atomic E-state index is 4.68. The van der Waals surface area contributed by atoms with Gasteiger partial charge in [-0.15, -0.1) is 11.3 Å². The maximum Gasteiger partial charge on any atom is 0.111 e. The molecule has 3 heteroatoms. The third-order valence-electron chi connectivity index (χ3n) is 3.38. The first-order valence-corrected chi connectivity index (χ1v) is 7.23. The molecule has 0 radical (unpaired) electrons. The Balaban J connectivity index is 1.64. The van der Waals surface area contributed by atoms with Crippen molar-refractivity contribution in [1.82, 2.24) is 10.3 Å². The number of thiazole rings is 1. The zero-order valence-electron chi connectivity index (χ0n) is 10.1. The SMILES string of the molecule is CC(NCCC1CC1)c1nc2ccccc2s1. The molecule has 1 aliphatic rings. The molecule has 1 saturated carbocycles. The molecule has 2 aromatic rings. The normalized spacial score (nSPS) is 17.5. The minimum Gasteiger partial charge on any atom is -0.308 e. The summed E-state index contributed by atoms with van der Waals surface area (Å²) < 4.78 is 1.29. The Labute approximate surface area is 106 Å². The van der Waals surface area contributed by atoms with E-state index in [1.54, 1.807) is 11.3 Å². The molecule has 17 heavy (non-hydrogen) atoms. The van der Waals surface area contributed by atoms with Gasteiger partial charge in [-0.2, -0.15) is 0 Å². The predicted molar refractivity (Wildman–Crippen MR) is 73.4 cm³/mol. The first kappa shape index (κ1) is 11.2. The van der Waals surface area contributed by atoms with Crippen LogP contribution < -0.4 is 5.32 Å². The van der Waals surface area contributed by atoms with Gasteiger partial charge < -0.3 is 5.32 Å². The van der Waals surface area contributed by atoms with Crippen molar-refractivity contribution in [3.63, 3.8) is 0 Å². The minimum absolute atomic E-state index is 0.381. The van der Waals surface area contributed by atoms with Crippen molar-refractivity contribution in [2.24, 2.45) is 5.92 Å². The van der Waals surface area contributed by atoms with E-state index in [2.05, 4.69) is 41.5 Å². The van der Waals surface area contributed by atoms with Crippen LogP contribution in [0.4, 0.5) is 0 Å². The summed E-state index contributed by atoms with van der Waals surface area (Å²) in [5.41, 5.74) is 1.13. The molecule has 1 N–H and O–H groups in total. The first-order valence-electron chi connectivity index (χ1n) is 6.42. The summed E-state index contributed by atoms with van der Waals surface area (Å²) in [6.45, 7) is 3.34. The molecule has 2 nitrogen and oxygen atoms in total. The first-order chi connectivity index (χ1) is 8.33. The number of para-hydroxylation sites is 1. The lowest BCUT2D eigenvalue weighted by molar-refractivity contribution is 0.538. The van der Waals surface area contributed by atoms with Crippen molar-refractivity contribution in [2.75, 3.05) is 6.54 Å². The van der Waals surface area contributed by atoms with Crippen molar-refractivity contribution in [3.8, 4) is 0 Å². The molecule has 0 bridgehead atoms. The van der Waals surface area contributed by atoms with E-state index in [4.69, 9.17) is 0 Å².